The van der Waals surface area contributed by atoms with Crippen molar-refractivity contribution in [3.05, 3.63) is 29.2 Å². The summed E-state index contributed by atoms with van der Waals surface area (Å²) in [6, 6.07) is 1.78. The van der Waals surface area contributed by atoms with Gasteiger partial charge in [0, 0.05) is 49.2 Å². The zero-order valence-electron chi connectivity index (χ0n) is 25.1. The largest absolute Gasteiger partial charge is 0.444 e. The van der Waals surface area contributed by atoms with Crippen molar-refractivity contribution >= 4 is 41.1 Å². The highest BCUT2D eigenvalue weighted by molar-refractivity contribution is 7.99. The minimum Gasteiger partial charge on any atom is -0.444 e. The van der Waals surface area contributed by atoms with E-state index in [9.17, 15) is 15.0 Å². The number of rotatable bonds is 8. The van der Waals surface area contributed by atoms with Gasteiger partial charge in [0.25, 0.3) is 0 Å². The maximum absolute atomic E-state index is 12.3. The van der Waals surface area contributed by atoms with Crippen LogP contribution in [0.2, 0.25) is 5.02 Å². The average molecular weight is 607 g/mol. The summed E-state index contributed by atoms with van der Waals surface area (Å²) >= 11 is 8.12. The van der Waals surface area contributed by atoms with Gasteiger partial charge in [-0.1, -0.05) is 30.3 Å². The molecule has 4 heterocycles. The summed E-state index contributed by atoms with van der Waals surface area (Å²) in [7, 11) is 0. The molecular weight excluding hydrogens is 564 g/mol. The number of aromatic nitrogens is 3. The Morgan fingerprint density at radius 2 is 1.85 bits per heavy atom. The van der Waals surface area contributed by atoms with Gasteiger partial charge in [-0.05, 0) is 65.9 Å². The molecule has 1 unspecified atom stereocenters. The first-order chi connectivity index (χ1) is 19.1. The number of pyridine rings is 1. The molecule has 0 bridgehead atoms. The van der Waals surface area contributed by atoms with E-state index >= 15 is 0 Å². The van der Waals surface area contributed by atoms with Crippen LogP contribution >= 0.6 is 23.4 Å². The highest BCUT2D eigenvalue weighted by Gasteiger charge is 2.39. The molecule has 0 aliphatic carbocycles. The topological polar surface area (TPSA) is 124 Å². The lowest BCUT2D eigenvalue weighted by atomic mass is 9.74. The van der Waals surface area contributed by atoms with Gasteiger partial charge in [-0.2, -0.15) is 0 Å². The first-order valence-corrected chi connectivity index (χ1v) is 15.3. The molecule has 2 aliphatic rings. The molecule has 2 aromatic heterocycles. The Kier molecular flexibility index (Phi) is 9.33. The molecule has 4 rings (SSSR count). The number of hydrogen-bond acceptors (Lipinski definition) is 10. The maximum Gasteiger partial charge on any atom is 0.407 e. The van der Waals surface area contributed by atoms with E-state index in [-0.39, 0.29) is 24.0 Å². The van der Waals surface area contributed by atoms with Crippen molar-refractivity contribution in [1.29, 1.82) is 0 Å². The molecule has 0 radical (unpaired) electrons. The number of anilines is 2. The van der Waals surface area contributed by atoms with Crippen LogP contribution in [0, 0.1) is 11.3 Å². The number of hydrogen-bond donors (Lipinski definition) is 3. The SMILES string of the molecule is CC(NC(=O)OC(C)(C)C)C1(C)CCN(c2ncc(Sc3ccnc(N4CC(C(C)(C)O)C4)c3Cl)nc2CO)CC1. The Balaban J connectivity index is 1.40. The quantitative estimate of drug-likeness (QED) is 0.382. The summed E-state index contributed by atoms with van der Waals surface area (Å²) < 4.78 is 5.44. The van der Waals surface area contributed by atoms with Crippen molar-refractivity contribution in [3.8, 4) is 0 Å². The second kappa shape index (κ2) is 12.1. The highest BCUT2D eigenvalue weighted by atomic mass is 35.5. The van der Waals surface area contributed by atoms with Crippen molar-refractivity contribution in [2.24, 2.45) is 11.3 Å². The van der Waals surface area contributed by atoms with Crippen LogP contribution in [0.4, 0.5) is 16.4 Å². The number of carbonyl (C=O) groups excluding carboxylic acids is 1. The normalized spacial score (nSPS) is 18.6. The number of ether oxygens (including phenoxy) is 1. The molecule has 12 heteroatoms. The number of carbonyl (C=O) groups is 1. The van der Waals surface area contributed by atoms with E-state index in [2.05, 4.69) is 27.0 Å². The number of nitrogens with zero attached hydrogens (tertiary/aromatic N) is 5. The number of aliphatic hydroxyl groups is 2. The fourth-order valence-corrected chi connectivity index (χ4v) is 6.21. The van der Waals surface area contributed by atoms with E-state index in [1.54, 1.807) is 12.4 Å². The average Bonchev–Trinajstić information content (AvgIpc) is 2.84. The predicted molar refractivity (Wildman–Crippen MR) is 162 cm³/mol. The zero-order chi connectivity index (χ0) is 30.2. The molecule has 3 N–H and O–H groups in total. The van der Waals surface area contributed by atoms with E-state index in [1.165, 1.54) is 11.8 Å². The third kappa shape index (κ3) is 7.55. The first kappa shape index (κ1) is 31.6. The Hall–Kier alpha value is -2.34. The Morgan fingerprint density at radius 1 is 1.20 bits per heavy atom. The molecule has 0 saturated carbocycles. The van der Waals surface area contributed by atoms with Crippen LogP contribution in [0.1, 0.15) is 67.0 Å². The summed E-state index contributed by atoms with van der Waals surface area (Å²) in [6.45, 7) is 16.0. The number of halogens is 1. The Labute approximate surface area is 252 Å². The molecule has 2 fully saturated rings. The van der Waals surface area contributed by atoms with Gasteiger partial charge in [0.15, 0.2) is 5.82 Å². The summed E-state index contributed by atoms with van der Waals surface area (Å²) in [5, 5.41) is 24.6. The third-order valence-electron chi connectivity index (χ3n) is 8.16. The standard InChI is InChI=1S/C29H43ClN6O4S/c1-18(33-26(38)40-27(2,3)4)29(7)9-12-35(13-10-29)24-20(17-37)34-22(14-32-24)41-21-8-11-31-25(23(21)30)36-15-19(16-36)28(5,6)39/h8,11,14,18-19,37,39H,9-10,12-13,15-17H2,1-7H3,(H,33,38). The molecule has 41 heavy (non-hydrogen) atoms. The Bertz CT molecular complexity index is 1240. The molecule has 0 spiro atoms. The zero-order valence-corrected chi connectivity index (χ0v) is 26.6. The van der Waals surface area contributed by atoms with Gasteiger partial charge < -0.3 is 30.1 Å². The summed E-state index contributed by atoms with van der Waals surface area (Å²) in [6.07, 6.45) is 4.71. The first-order valence-electron chi connectivity index (χ1n) is 14.1. The van der Waals surface area contributed by atoms with Gasteiger partial charge in [-0.25, -0.2) is 19.7 Å². The van der Waals surface area contributed by atoms with Crippen LogP contribution in [0.5, 0.6) is 0 Å². The summed E-state index contributed by atoms with van der Waals surface area (Å²) in [4.78, 5) is 31.2. The van der Waals surface area contributed by atoms with Crippen LogP contribution in [-0.4, -0.2) is 74.7 Å². The number of alkyl carbamates (subject to hydrolysis) is 1. The van der Waals surface area contributed by atoms with Gasteiger partial charge in [0.05, 0.1) is 23.4 Å². The number of aliphatic hydroxyl groups excluding tert-OH is 1. The molecule has 2 saturated heterocycles. The lowest BCUT2D eigenvalue weighted by molar-refractivity contribution is 0.00437. The Morgan fingerprint density at radius 3 is 2.44 bits per heavy atom. The molecular formula is C29H43ClN6O4S. The minimum absolute atomic E-state index is 0.0612. The van der Waals surface area contributed by atoms with Crippen molar-refractivity contribution in [3.63, 3.8) is 0 Å². The van der Waals surface area contributed by atoms with Crippen molar-refractivity contribution in [2.45, 2.75) is 95.1 Å². The van der Waals surface area contributed by atoms with Crippen LogP contribution in [0.15, 0.2) is 28.4 Å². The van der Waals surface area contributed by atoms with E-state index in [4.69, 9.17) is 26.3 Å². The molecule has 1 atom stereocenters. The molecule has 2 aromatic rings. The number of nitrogens with one attached hydrogen (secondary N) is 1. The lowest BCUT2D eigenvalue weighted by Crippen LogP contribution is -2.56. The third-order valence-corrected chi connectivity index (χ3v) is 9.61. The summed E-state index contributed by atoms with van der Waals surface area (Å²) in [5.74, 6) is 1.53. The highest BCUT2D eigenvalue weighted by Crippen LogP contribution is 2.41. The fourth-order valence-electron chi connectivity index (χ4n) is 5.07. The van der Waals surface area contributed by atoms with E-state index in [0.29, 0.717) is 40.5 Å². The van der Waals surface area contributed by atoms with Crippen molar-refractivity contribution < 1.29 is 19.7 Å². The molecule has 0 aromatic carbocycles. The second-order valence-corrected chi connectivity index (χ2v) is 14.4. The molecule has 226 valence electrons. The van der Waals surface area contributed by atoms with Gasteiger partial charge >= 0.3 is 6.09 Å². The second-order valence-electron chi connectivity index (χ2n) is 12.9. The van der Waals surface area contributed by atoms with Crippen LogP contribution in [-0.2, 0) is 11.3 Å². The molecule has 2 aliphatic heterocycles. The van der Waals surface area contributed by atoms with Crippen LogP contribution in [0.25, 0.3) is 0 Å². The maximum atomic E-state index is 12.3. The van der Waals surface area contributed by atoms with Crippen molar-refractivity contribution in [2.75, 3.05) is 36.0 Å². The van der Waals surface area contributed by atoms with Crippen molar-refractivity contribution in [1.82, 2.24) is 20.3 Å². The van der Waals surface area contributed by atoms with Gasteiger partial charge in [0.1, 0.15) is 22.1 Å². The lowest BCUT2D eigenvalue weighted by Gasteiger charge is -2.46. The van der Waals surface area contributed by atoms with E-state index in [1.807, 2.05) is 47.6 Å². The molecule has 1 amide bonds. The minimum atomic E-state index is -0.741. The molecule has 10 nitrogen and oxygen atoms in total. The number of amides is 1. The summed E-state index contributed by atoms with van der Waals surface area (Å²) in [5.41, 5.74) is -0.872. The monoisotopic (exact) mass is 606 g/mol. The van der Waals surface area contributed by atoms with Gasteiger partial charge in [-0.3, -0.25) is 0 Å². The van der Waals surface area contributed by atoms with E-state index in [0.717, 1.165) is 30.8 Å². The van der Waals surface area contributed by atoms with Crippen LogP contribution < -0.4 is 15.1 Å². The number of piperidine rings is 1. The van der Waals surface area contributed by atoms with Crippen LogP contribution in [0.3, 0.4) is 0 Å². The predicted octanol–water partition coefficient (Wildman–Crippen LogP) is 4.90. The van der Waals surface area contributed by atoms with Gasteiger partial charge in [-0.15, -0.1) is 0 Å². The van der Waals surface area contributed by atoms with E-state index < -0.39 is 17.3 Å². The van der Waals surface area contributed by atoms with Gasteiger partial charge in [0.2, 0.25) is 0 Å². The fraction of sp³-hybridized carbons (Fsp3) is 0.655. The smallest absolute Gasteiger partial charge is 0.407 e.